The Hall–Kier alpha value is -3.44. The molecule has 0 spiro atoms. The topological polar surface area (TPSA) is 41.9 Å². The first-order valence-electron chi connectivity index (χ1n) is 9.96. The summed E-state index contributed by atoms with van der Waals surface area (Å²) in [5.74, 6) is 0. The summed E-state index contributed by atoms with van der Waals surface area (Å²) < 4.78 is 1.92. The van der Waals surface area contributed by atoms with E-state index in [0.717, 1.165) is 22.5 Å². The molecule has 4 nitrogen and oxygen atoms in total. The Kier molecular flexibility index (Phi) is 6.20. The number of aryl methyl sites for hydroxylation is 1. The van der Waals surface area contributed by atoms with Crippen molar-refractivity contribution in [2.75, 3.05) is 0 Å². The van der Waals surface area contributed by atoms with E-state index in [4.69, 9.17) is 17.3 Å². The predicted octanol–water partition coefficient (Wildman–Crippen LogP) is 5.01. The lowest BCUT2D eigenvalue weighted by Crippen LogP contribution is -2.34. The molecule has 4 aromatic rings. The van der Waals surface area contributed by atoms with Crippen molar-refractivity contribution in [3.63, 3.8) is 0 Å². The van der Waals surface area contributed by atoms with E-state index in [2.05, 4.69) is 60.2 Å². The molecular formula is C25H24N4S. The van der Waals surface area contributed by atoms with Crippen molar-refractivity contribution < 1.29 is 0 Å². The summed E-state index contributed by atoms with van der Waals surface area (Å²) in [4.78, 5) is 0. The van der Waals surface area contributed by atoms with Crippen LogP contribution >= 0.6 is 12.2 Å². The van der Waals surface area contributed by atoms with Crippen LogP contribution in [0.25, 0.3) is 16.9 Å². The number of nitrogens with zero attached hydrogens (tertiary/aromatic N) is 2. The van der Waals surface area contributed by atoms with Crippen molar-refractivity contribution in [3.05, 3.63) is 108 Å². The van der Waals surface area contributed by atoms with Gasteiger partial charge in [0.2, 0.25) is 0 Å². The number of para-hydroxylation sites is 1. The molecule has 0 amide bonds. The second kappa shape index (κ2) is 9.37. The average Bonchev–Trinajstić information content (AvgIpc) is 3.23. The van der Waals surface area contributed by atoms with Crippen LogP contribution in [0.1, 0.15) is 16.7 Å². The van der Waals surface area contributed by atoms with Gasteiger partial charge < -0.3 is 10.6 Å². The van der Waals surface area contributed by atoms with Crippen LogP contribution in [0, 0.1) is 6.92 Å². The summed E-state index contributed by atoms with van der Waals surface area (Å²) in [5.41, 5.74) is 6.61. The fourth-order valence-electron chi connectivity index (χ4n) is 3.22. The summed E-state index contributed by atoms with van der Waals surface area (Å²) in [5, 5.41) is 12.1. The van der Waals surface area contributed by atoms with Crippen molar-refractivity contribution in [2.45, 2.75) is 20.0 Å². The molecule has 0 bridgehead atoms. The van der Waals surface area contributed by atoms with E-state index in [1.54, 1.807) is 0 Å². The summed E-state index contributed by atoms with van der Waals surface area (Å²) in [6, 6.07) is 28.8. The Balaban J connectivity index is 1.47. The number of aromatic nitrogens is 2. The van der Waals surface area contributed by atoms with Gasteiger partial charge in [-0.25, -0.2) is 4.68 Å². The van der Waals surface area contributed by atoms with E-state index in [0.29, 0.717) is 18.2 Å². The van der Waals surface area contributed by atoms with E-state index in [1.165, 1.54) is 11.1 Å². The van der Waals surface area contributed by atoms with Crippen LogP contribution in [0.15, 0.2) is 91.1 Å². The summed E-state index contributed by atoms with van der Waals surface area (Å²) >= 11 is 5.49. The van der Waals surface area contributed by atoms with Crippen LogP contribution in [-0.4, -0.2) is 14.9 Å². The van der Waals surface area contributed by atoms with E-state index < -0.39 is 0 Å². The molecular weight excluding hydrogens is 388 g/mol. The fourth-order valence-corrected chi connectivity index (χ4v) is 3.36. The van der Waals surface area contributed by atoms with Crippen molar-refractivity contribution in [1.82, 2.24) is 20.4 Å². The lowest BCUT2D eigenvalue weighted by molar-refractivity contribution is 0.832. The molecule has 4 rings (SSSR count). The number of hydrogen-bond donors (Lipinski definition) is 2. The van der Waals surface area contributed by atoms with Crippen LogP contribution in [0.4, 0.5) is 0 Å². The van der Waals surface area contributed by atoms with E-state index in [9.17, 15) is 0 Å². The number of hydrogen-bond acceptors (Lipinski definition) is 2. The van der Waals surface area contributed by atoms with Crippen LogP contribution < -0.4 is 10.6 Å². The molecule has 1 aromatic heterocycles. The quantitative estimate of drug-likeness (QED) is 0.437. The highest BCUT2D eigenvalue weighted by atomic mass is 32.1. The standard InChI is InChI=1S/C25H24N4S/c1-19-12-14-20(15-13-19)16-26-25(30)27-17-22-18-29(23-10-6-3-7-11-23)28-24(22)21-8-4-2-5-9-21/h2-15,18H,16-17H2,1H3,(H2,26,27,30). The van der Waals surface area contributed by atoms with Crippen molar-refractivity contribution in [3.8, 4) is 16.9 Å². The van der Waals surface area contributed by atoms with E-state index >= 15 is 0 Å². The van der Waals surface area contributed by atoms with Crippen LogP contribution in [0.3, 0.4) is 0 Å². The second-order valence-electron chi connectivity index (χ2n) is 7.17. The van der Waals surface area contributed by atoms with Gasteiger partial charge in [0.15, 0.2) is 5.11 Å². The molecule has 150 valence electrons. The van der Waals surface area contributed by atoms with Crippen LogP contribution in [0.5, 0.6) is 0 Å². The molecule has 1 heterocycles. The minimum absolute atomic E-state index is 0.594. The number of rotatable bonds is 6. The number of benzene rings is 3. The predicted molar refractivity (Wildman–Crippen MR) is 126 cm³/mol. The molecule has 0 atom stereocenters. The van der Waals surface area contributed by atoms with Crippen molar-refractivity contribution in [1.29, 1.82) is 0 Å². The maximum absolute atomic E-state index is 5.49. The highest BCUT2D eigenvalue weighted by molar-refractivity contribution is 7.80. The van der Waals surface area contributed by atoms with Gasteiger partial charge in [0.05, 0.1) is 11.4 Å². The molecule has 30 heavy (non-hydrogen) atoms. The van der Waals surface area contributed by atoms with Gasteiger partial charge in [0.25, 0.3) is 0 Å². The maximum atomic E-state index is 5.49. The fraction of sp³-hybridized carbons (Fsp3) is 0.120. The average molecular weight is 413 g/mol. The largest absolute Gasteiger partial charge is 0.359 e. The first-order valence-corrected chi connectivity index (χ1v) is 10.4. The third-order valence-corrected chi connectivity index (χ3v) is 5.16. The van der Waals surface area contributed by atoms with Crippen molar-refractivity contribution in [2.24, 2.45) is 0 Å². The van der Waals surface area contributed by atoms with Gasteiger partial charge in [-0.3, -0.25) is 0 Å². The third kappa shape index (κ3) is 4.93. The van der Waals surface area contributed by atoms with Gasteiger partial charge in [0, 0.05) is 30.4 Å². The molecule has 0 unspecified atom stereocenters. The number of nitrogens with one attached hydrogen (secondary N) is 2. The molecule has 0 saturated heterocycles. The lowest BCUT2D eigenvalue weighted by atomic mass is 10.1. The van der Waals surface area contributed by atoms with Gasteiger partial charge in [-0.1, -0.05) is 78.4 Å². The third-order valence-electron chi connectivity index (χ3n) is 4.87. The molecule has 0 aliphatic rings. The van der Waals surface area contributed by atoms with Crippen LogP contribution in [0.2, 0.25) is 0 Å². The highest BCUT2D eigenvalue weighted by Gasteiger charge is 2.12. The van der Waals surface area contributed by atoms with Gasteiger partial charge in [-0.15, -0.1) is 0 Å². The lowest BCUT2D eigenvalue weighted by Gasteiger charge is -2.11. The molecule has 0 aliphatic heterocycles. The second-order valence-corrected chi connectivity index (χ2v) is 7.58. The van der Waals surface area contributed by atoms with E-state index in [1.807, 2.05) is 53.2 Å². The summed E-state index contributed by atoms with van der Waals surface area (Å²) in [6.07, 6.45) is 2.06. The van der Waals surface area contributed by atoms with Gasteiger partial charge in [0.1, 0.15) is 0 Å². The Bertz CT molecular complexity index is 1100. The van der Waals surface area contributed by atoms with Crippen LogP contribution in [-0.2, 0) is 13.1 Å². The Morgan fingerprint density at radius 2 is 1.47 bits per heavy atom. The molecule has 2 N–H and O–H groups in total. The first kappa shape index (κ1) is 19.9. The molecule has 0 fully saturated rings. The minimum atomic E-state index is 0.594. The highest BCUT2D eigenvalue weighted by Crippen LogP contribution is 2.23. The Morgan fingerprint density at radius 1 is 0.833 bits per heavy atom. The Morgan fingerprint density at radius 3 is 2.17 bits per heavy atom. The SMILES string of the molecule is Cc1ccc(CNC(=S)NCc2cn(-c3ccccc3)nc2-c2ccccc2)cc1. The zero-order valence-corrected chi connectivity index (χ0v) is 17.7. The Labute approximate surface area is 182 Å². The zero-order valence-electron chi connectivity index (χ0n) is 16.9. The van der Waals surface area contributed by atoms with Crippen molar-refractivity contribution >= 4 is 17.3 Å². The maximum Gasteiger partial charge on any atom is 0.166 e. The number of thiocarbonyl (C=S) groups is 1. The monoisotopic (exact) mass is 412 g/mol. The van der Waals surface area contributed by atoms with Gasteiger partial charge in [-0.2, -0.15) is 5.10 Å². The molecule has 3 aromatic carbocycles. The molecule has 0 aliphatic carbocycles. The first-order chi connectivity index (χ1) is 14.7. The normalized spacial score (nSPS) is 10.6. The summed E-state index contributed by atoms with van der Waals surface area (Å²) in [7, 11) is 0. The molecule has 5 heteroatoms. The minimum Gasteiger partial charge on any atom is -0.359 e. The smallest absolute Gasteiger partial charge is 0.166 e. The summed E-state index contributed by atoms with van der Waals surface area (Å²) in [6.45, 7) is 3.38. The molecule has 0 radical (unpaired) electrons. The van der Waals surface area contributed by atoms with Gasteiger partial charge >= 0.3 is 0 Å². The molecule has 0 saturated carbocycles. The zero-order chi connectivity index (χ0) is 20.8. The van der Waals surface area contributed by atoms with Gasteiger partial charge in [-0.05, 0) is 36.8 Å². The van der Waals surface area contributed by atoms with E-state index in [-0.39, 0.29) is 0 Å².